The predicted octanol–water partition coefficient (Wildman–Crippen LogP) is 0.821. The number of fused-ring (bicyclic) bond motifs is 1. The summed E-state index contributed by atoms with van der Waals surface area (Å²) in [7, 11) is 0. The number of carbonyl (C=O) groups is 1. The molecule has 0 bridgehead atoms. The SMILES string of the molecule is Cc1ccc(N)c2c1CNC2=O. The number of nitrogens with two attached hydrogens (primary N) is 1. The van der Waals surface area contributed by atoms with Gasteiger partial charge in [0.25, 0.3) is 5.91 Å². The fourth-order valence-electron chi connectivity index (χ4n) is 1.52. The maximum Gasteiger partial charge on any atom is 0.254 e. The Morgan fingerprint density at radius 1 is 1.50 bits per heavy atom. The Labute approximate surface area is 70.6 Å². The third-order valence-corrected chi connectivity index (χ3v) is 2.23. The second-order valence-electron chi connectivity index (χ2n) is 3.01. The van der Waals surface area contributed by atoms with Crippen LogP contribution in [0.2, 0.25) is 0 Å². The van der Waals surface area contributed by atoms with Gasteiger partial charge in [0.2, 0.25) is 0 Å². The molecular weight excluding hydrogens is 152 g/mol. The van der Waals surface area contributed by atoms with Gasteiger partial charge in [0, 0.05) is 12.2 Å². The van der Waals surface area contributed by atoms with Crippen molar-refractivity contribution in [1.29, 1.82) is 0 Å². The van der Waals surface area contributed by atoms with E-state index >= 15 is 0 Å². The van der Waals surface area contributed by atoms with E-state index in [-0.39, 0.29) is 5.91 Å². The van der Waals surface area contributed by atoms with Crippen molar-refractivity contribution in [2.45, 2.75) is 13.5 Å². The molecule has 12 heavy (non-hydrogen) atoms. The summed E-state index contributed by atoms with van der Waals surface area (Å²) in [4.78, 5) is 11.2. The fourth-order valence-corrected chi connectivity index (χ4v) is 1.52. The van der Waals surface area contributed by atoms with Crippen LogP contribution in [0.4, 0.5) is 5.69 Å². The Bertz CT molecular complexity index is 358. The van der Waals surface area contributed by atoms with E-state index in [0.717, 1.165) is 11.1 Å². The van der Waals surface area contributed by atoms with Gasteiger partial charge in [-0.2, -0.15) is 0 Å². The molecule has 1 aliphatic rings. The lowest BCUT2D eigenvalue weighted by atomic mass is 10.0. The molecule has 1 heterocycles. The van der Waals surface area contributed by atoms with Crippen LogP contribution in [0.5, 0.6) is 0 Å². The molecule has 0 aromatic heterocycles. The maximum atomic E-state index is 11.2. The first-order chi connectivity index (χ1) is 5.70. The molecule has 3 N–H and O–H groups in total. The van der Waals surface area contributed by atoms with Crippen LogP contribution < -0.4 is 11.1 Å². The zero-order valence-corrected chi connectivity index (χ0v) is 6.85. The summed E-state index contributed by atoms with van der Waals surface area (Å²) in [6.07, 6.45) is 0. The number of benzene rings is 1. The minimum atomic E-state index is -0.0498. The third kappa shape index (κ3) is 0.794. The van der Waals surface area contributed by atoms with Crippen molar-refractivity contribution in [3.63, 3.8) is 0 Å². The highest BCUT2D eigenvalue weighted by Gasteiger charge is 2.22. The number of hydrogen-bond donors (Lipinski definition) is 2. The second-order valence-corrected chi connectivity index (χ2v) is 3.01. The smallest absolute Gasteiger partial charge is 0.254 e. The second kappa shape index (κ2) is 2.24. The summed E-state index contributed by atoms with van der Waals surface area (Å²) < 4.78 is 0. The normalized spacial score (nSPS) is 14.2. The highest BCUT2D eigenvalue weighted by molar-refractivity contribution is 6.03. The number of nitrogen functional groups attached to an aromatic ring is 1. The van der Waals surface area contributed by atoms with Crippen molar-refractivity contribution in [3.8, 4) is 0 Å². The molecule has 0 aliphatic carbocycles. The average Bonchev–Trinajstić information content (AvgIpc) is 2.42. The first-order valence-electron chi connectivity index (χ1n) is 3.86. The molecule has 1 amide bonds. The summed E-state index contributed by atoms with van der Waals surface area (Å²) in [6, 6.07) is 3.72. The van der Waals surface area contributed by atoms with Crippen molar-refractivity contribution in [1.82, 2.24) is 5.32 Å². The fraction of sp³-hybridized carbons (Fsp3) is 0.222. The third-order valence-electron chi connectivity index (χ3n) is 2.23. The topological polar surface area (TPSA) is 55.1 Å². The molecule has 2 rings (SSSR count). The lowest BCUT2D eigenvalue weighted by Crippen LogP contribution is -2.13. The van der Waals surface area contributed by atoms with Crippen LogP contribution in [0.15, 0.2) is 12.1 Å². The molecule has 1 aromatic carbocycles. The summed E-state index contributed by atoms with van der Waals surface area (Å²) in [5.41, 5.74) is 9.07. The summed E-state index contributed by atoms with van der Waals surface area (Å²) in [6.45, 7) is 2.60. The van der Waals surface area contributed by atoms with Gasteiger partial charge in [-0.05, 0) is 24.1 Å². The molecule has 1 aromatic rings. The lowest BCUT2D eigenvalue weighted by molar-refractivity contribution is 0.0966. The predicted molar refractivity (Wildman–Crippen MR) is 46.8 cm³/mol. The Balaban J connectivity index is 2.72. The Hall–Kier alpha value is -1.51. The largest absolute Gasteiger partial charge is 0.398 e. The first-order valence-corrected chi connectivity index (χ1v) is 3.86. The molecule has 1 aliphatic heterocycles. The Morgan fingerprint density at radius 2 is 2.25 bits per heavy atom. The van der Waals surface area contributed by atoms with Gasteiger partial charge in [-0.15, -0.1) is 0 Å². The van der Waals surface area contributed by atoms with Gasteiger partial charge >= 0.3 is 0 Å². The number of rotatable bonds is 0. The molecule has 0 unspecified atom stereocenters. The number of nitrogens with one attached hydrogen (secondary N) is 1. The van der Waals surface area contributed by atoms with Crippen LogP contribution in [0, 0.1) is 6.92 Å². The summed E-state index contributed by atoms with van der Waals surface area (Å²) in [5, 5.41) is 2.75. The number of hydrogen-bond acceptors (Lipinski definition) is 2. The van der Waals surface area contributed by atoms with E-state index in [1.165, 1.54) is 0 Å². The number of aryl methyl sites for hydroxylation is 1. The van der Waals surface area contributed by atoms with Gasteiger partial charge < -0.3 is 11.1 Å². The van der Waals surface area contributed by atoms with Crippen molar-refractivity contribution in [3.05, 3.63) is 28.8 Å². The molecule has 0 radical (unpaired) electrons. The standard InChI is InChI=1S/C9H10N2O/c1-5-2-3-7(10)8-6(5)4-11-9(8)12/h2-3H,4,10H2,1H3,(H,11,12). The lowest BCUT2D eigenvalue weighted by Gasteiger charge is -2.03. The minimum absolute atomic E-state index is 0.0498. The number of anilines is 1. The van der Waals surface area contributed by atoms with Gasteiger partial charge in [0.15, 0.2) is 0 Å². The number of amides is 1. The van der Waals surface area contributed by atoms with Crippen LogP contribution in [0.25, 0.3) is 0 Å². The van der Waals surface area contributed by atoms with E-state index in [1.54, 1.807) is 6.07 Å². The minimum Gasteiger partial charge on any atom is -0.398 e. The van der Waals surface area contributed by atoms with Crippen LogP contribution in [-0.4, -0.2) is 5.91 Å². The van der Waals surface area contributed by atoms with Crippen molar-refractivity contribution >= 4 is 11.6 Å². The molecule has 0 saturated carbocycles. The van der Waals surface area contributed by atoms with Gasteiger partial charge in [-0.3, -0.25) is 4.79 Å². The van der Waals surface area contributed by atoms with E-state index < -0.39 is 0 Å². The zero-order valence-electron chi connectivity index (χ0n) is 6.85. The first kappa shape index (κ1) is 7.16. The van der Waals surface area contributed by atoms with Gasteiger partial charge in [-0.25, -0.2) is 0 Å². The Morgan fingerprint density at radius 3 is 2.92 bits per heavy atom. The maximum absolute atomic E-state index is 11.2. The quantitative estimate of drug-likeness (QED) is 0.555. The molecule has 0 saturated heterocycles. The molecule has 62 valence electrons. The average molecular weight is 162 g/mol. The molecule has 0 fully saturated rings. The van der Waals surface area contributed by atoms with Gasteiger partial charge in [0.05, 0.1) is 5.56 Å². The molecule has 0 atom stereocenters. The molecule has 3 nitrogen and oxygen atoms in total. The van der Waals surface area contributed by atoms with E-state index in [4.69, 9.17) is 5.73 Å². The number of carbonyl (C=O) groups excluding carboxylic acids is 1. The highest BCUT2D eigenvalue weighted by atomic mass is 16.1. The van der Waals surface area contributed by atoms with Crippen LogP contribution >= 0.6 is 0 Å². The monoisotopic (exact) mass is 162 g/mol. The van der Waals surface area contributed by atoms with Crippen molar-refractivity contribution in [2.75, 3.05) is 5.73 Å². The van der Waals surface area contributed by atoms with E-state index in [1.807, 2.05) is 13.0 Å². The van der Waals surface area contributed by atoms with Crippen molar-refractivity contribution < 1.29 is 4.79 Å². The molecule has 0 spiro atoms. The molecule has 3 heteroatoms. The van der Waals surface area contributed by atoms with E-state index in [0.29, 0.717) is 17.8 Å². The van der Waals surface area contributed by atoms with Gasteiger partial charge in [0.1, 0.15) is 0 Å². The zero-order chi connectivity index (χ0) is 8.72. The van der Waals surface area contributed by atoms with E-state index in [2.05, 4.69) is 5.32 Å². The molecular formula is C9H10N2O. The van der Waals surface area contributed by atoms with Crippen LogP contribution in [-0.2, 0) is 6.54 Å². The summed E-state index contributed by atoms with van der Waals surface area (Å²) in [5.74, 6) is -0.0498. The Kier molecular flexibility index (Phi) is 1.33. The van der Waals surface area contributed by atoms with Gasteiger partial charge in [-0.1, -0.05) is 6.07 Å². The van der Waals surface area contributed by atoms with Crippen LogP contribution in [0.3, 0.4) is 0 Å². The highest BCUT2D eigenvalue weighted by Crippen LogP contribution is 2.24. The van der Waals surface area contributed by atoms with Crippen LogP contribution in [0.1, 0.15) is 21.5 Å². The van der Waals surface area contributed by atoms with E-state index in [9.17, 15) is 4.79 Å². The van der Waals surface area contributed by atoms with Crippen molar-refractivity contribution in [2.24, 2.45) is 0 Å². The summed E-state index contributed by atoms with van der Waals surface area (Å²) >= 11 is 0.